The summed E-state index contributed by atoms with van der Waals surface area (Å²) < 4.78 is 0. The maximum absolute atomic E-state index is 4.86. The zero-order chi connectivity index (χ0) is 15.8. The van der Waals surface area contributed by atoms with Crippen molar-refractivity contribution < 1.29 is 0 Å². The molecule has 1 aromatic heterocycles. The van der Waals surface area contributed by atoms with Crippen molar-refractivity contribution in [3.05, 3.63) is 11.4 Å². The summed E-state index contributed by atoms with van der Waals surface area (Å²) in [7, 11) is 1.94. The van der Waals surface area contributed by atoms with Crippen LogP contribution in [0.3, 0.4) is 0 Å². The fourth-order valence-corrected chi connectivity index (χ4v) is 2.35. The second kappa shape index (κ2) is 8.85. The van der Waals surface area contributed by atoms with Crippen molar-refractivity contribution in [1.29, 1.82) is 0 Å². The fourth-order valence-electron chi connectivity index (χ4n) is 2.35. The van der Waals surface area contributed by atoms with Gasteiger partial charge in [-0.3, -0.25) is 0 Å². The Morgan fingerprint density at radius 2 is 1.62 bits per heavy atom. The molecule has 0 spiro atoms. The lowest BCUT2D eigenvalue weighted by atomic mass is 10.1. The minimum atomic E-state index is 0.343. The molecule has 0 amide bonds. The minimum Gasteiger partial charge on any atom is -0.373 e. The number of hydrogen-bond donors (Lipinski definition) is 1. The molecule has 4 heteroatoms. The van der Waals surface area contributed by atoms with Gasteiger partial charge in [-0.15, -0.1) is 0 Å². The summed E-state index contributed by atoms with van der Waals surface area (Å²) in [5.74, 6) is 3.34. The molecule has 0 unspecified atom stereocenters. The highest BCUT2D eigenvalue weighted by atomic mass is 15.2. The molecule has 0 saturated carbocycles. The highest BCUT2D eigenvalue weighted by Crippen LogP contribution is 2.26. The summed E-state index contributed by atoms with van der Waals surface area (Å²) in [6.45, 7) is 13.1. The first-order valence-corrected chi connectivity index (χ1v) is 8.36. The summed E-state index contributed by atoms with van der Waals surface area (Å²) in [4.78, 5) is 11.9. The predicted molar refractivity (Wildman–Crippen MR) is 92.4 cm³/mol. The van der Waals surface area contributed by atoms with E-state index in [2.05, 4.69) is 49.8 Å². The van der Waals surface area contributed by atoms with Gasteiger partial charge >= 0.3 is 0 Å². The molecule has 120 valence electrons. The molecule has 0 atom stereocenters. The summed E-state index contributed by atoms with van der Waals surface area (Å²) in [5, 5.41) is 3.22. The standard InChI is InChI=1S/C17H32N4/c1-7-9-11-21(12-10-8-2)17-14(5)16(18-6)19-15(20-17)13(3)4/h13H,7-12H2,1-6H3,(H,18,19,20). The van der Waals surface area contributed by atoms with Gasteiger partial charge in [0.1, 0.15) is 17.5 Å². The molecule has 0 aliphatic heterocycles. The summed E-state index contributed by atoms with van der Waals surface area (Å²) in [6, 6.07) is 0. The third kappa shape index (κ3) is 4.87. The van der Waals surface area contributed by atoms with Crippen LogP contribution in [0.15, 0.2) is 0 Å². The Morgan fingerprint density at radius 3 is 2.05 bits per heavy atom. The number of hydrogen-bond acceptors (Lipinski definition) is 4. The van der Waals surface area contributed by atoms with Crippen molar-refractivity contribution in [3.8, 4) is 0 Å². The third-order valence-electron chi connectivity index (χ3n) is 3.75. The monoisotopic (exact) mass is 292 g/mol. The largest absolute Gasteiger partial charge is 0.373 e. The minimum absolute atomic E-state index is 0.343. The molecule has 1 heterocycles. The van der Waals surface area contributed by atoms with Crippen LogP contribution >= 0.6 is 0 Å². The van der Waals surface area contributed by atoms with Crippen molar-refractivity contribution in [1.82, 2.24) is 9.97 Å². The average molecular weight is 292 g/mol. The Balaban J connectivity index is 3.16. The van der Waals surface area contributed by atoms with Gasteiger partial charge in [-0.25, -0.2) is 9.97 Å². The Morgan fingerprint density at radius 1 is 1.05 bits per heavy atom. The molecule has 0 saturated heterocycles. The molecule has 4 nitrogen and oxygen atoms in total. The molecule has 1 rings (SSSR count). The van der Waals surface area contributed by atoms with E-state index in [0.717, 1.165) is 36.1 Å². The van der Waals surface area contributed by atoms with Crippen LogP contribution in [0.5, 0.6) is 0 Å². The predicted octanol–water partition coefficient (Wildman–Crippen LogP) is 4.36. The molecule has 0 aliphatic rings. The van der Waals surface area contributed by atoms with Crippen LogP contribution in [0.1, 0.15) is 70.7 Å². The van der Waals surface area contributed by atoms with Crippen LogP contribution < -0.4 is 10.2 Å². The van der Waals surface area contributed by atoms with E-state index in [9.17, 15) is 0 Å². The second-order valence-corrected chi connectivity index (χ2v) is 5.98. The van der Waals surface area contributed by atoms with Crippen LogP contribution in [-0.4, -0.2) is 30.1 Å². The topological polar surface area (TPSA) is 41.1 Å². The second-order valence-electron chi connectivity index (χ2n) is 5.98. The lowest BCUT2D eigenvalue weighted by Gasteiger charge is -2.27. The molecular formula is C17H32N4. The zero-order valence-electron chi connectivity index (χ0n) is 14.7. The normalized spacial score (nSPS) is 11.0. The fraction of sp³-hybridized carbons (Fsp3) is 0.765. The van der Waals surface area contributed by atoms with Gasteiger partial charge in [-0.1, -0.05) is 40.5 Å². The van der Waals surface area contributed by atoms with Crippen molar-refractivity contribution in [2.45, 2.75) is 66.2 Å². The first-order chi connectivity index (χ1) is 10.0. The average Bonchev–Trinajstić information content (AvgIpc) is 2.48. The maximum atomic E-state index is 4.86. The van der Waals surface area contributed by atoms with Crippen LogP contribution in [0, 0.1) is 6.92 Å². The number of nitrogens with zero attached hydrogens (tertiary/aromatic N) is 3. The van der Waals surface area contributed by atoms with Crippen LogP contribution in [0.2, 0.25) is 0 Å². The molecule has 1 N–H and O–H groups in total. The van der Waals surface area contributed by atoms with Gasteiger partial charge in [0.05, 0.1) is 0 Å². The highest BCUT2D eigenvalue weighted by Gasteiger charge is 2.17. The number of nitrogens with one attached hydrogen (secondary N) is 1. The lowest BCUT2D eigenvalue weighted by Crippen LogP contribution is -2.28. The van der Waals surface area contributed by atoms with Gasteiger partial charge in [0.2, 0.25) is 0 Å². The lowest BCUT2D eigenvalue weighted by molar-refractivity contribution is 0.662. The number of unbranched alkanes of at least 4 members (excludes halogenated alkanes) is 2. The van der Waals surface area contributed by atoms with E-state index in [1.807, 2.05) is 7.05 Å². The molecular weight excluding hydrogens is 260 g/mol. The number of anilines is 2. The first-order valence-electron chi connectivity index (χ1n) is 8.36. The molecule has 0 radical (unpaired) electrons. The van der Waals surface area contributed by atoms with Crippen molar-refractivity contribution in [2.24, 2.45) is 0 Å². The molecule has 1 aromatic rings. The van der Waals surface area contributed by atoms with Crippen LogP contribution in [0.25, 0.3) is 0 Å². The Kier molecular flexibility index (Phi) is 7.48. The third-order valence-corrected chi connectivity index (χ3v) is 3.75. The van der Waals surface area contributed by atoms with E-state index >= 15 is 0 Å². The SMILES string of the molecule is CCCCN(CCCC)c1nc(C(C)C)nc(NC)c1C. The van der Waals surface area contributed by atoms with Crippen LogP contribution in [0.4, 0.5) is 11.6 Å². The van der Waals surface area contributed by atoms with E-state index < -0.39 is 0 Å². The molecule has 0 aliphatic carbocycles. The van der Waals surface area contributed by atoms with Gasteiger partial charge in [-0.05, 0) is 19.8 Å². The van der Waals surface area contributed by atoms with E-state index in [4.69, 9.17) is 4.98 Å². The van der Waals surface area contributed by atoms with Crippen molar-refractivity contribution >= 4 is 11.6 Å². The Labute approximate surface area is 130 Å². The maximum Gasteiger partial charge on any atom is 0.137 e. The van der Waals surface area contributed by atoms with E-state index in [0.29, 0.717) is 5.92 Å². The van der Waals surface area contributed by atoms with E-state index in [-0.39, 0.29) is 0 Å². The quantitative estimate of drug-likeness (QED) is 0.734. The summed E-state index contributed by atoms with van der Waals surface area (Å²) >= 11 is 0. The number of aromatic nitrogens is 2. The van der Waals surface area contributed by atoms with Gasteiger partial charge in [0, 0.05) is 31.6 Å². The van der Waals surface area contributed by atoms with Crippen LogP contribution in [-0.2, 0) is 0 Å². The summed E-state index contributed by atoms with van der Waals surface area (Å²) in [5.41, 5.74) is 1.16. The van der Waals surface area contributed by atoms with Gasteiger partial charge in [0.15, 0.2) is 0 Å². The molecule has 0 aromatic carbocycles. The van der Waals surface area contributed by atoms with Gasteiger partial charge < -0.3 is 10.2 Å². The molecule has 21 heavy (non-hydrogen) atoms. The van der Waals surface area contributed by atoms with Gasteiger partial charge in [-0.2, -0.15) is 0 Å². The van der Waals surface area contributed by atoms with E-state index in [1.165, 1.54) is 25.7 Å². The highest BCUT2D eigenvalue weighted by molar-refractivity contribution is 5.58. The molecule has 0 bridgehead atoms. The smallest absolute Gasteiger partial charge is 0.137 e. The summed E-state index contributed by atoms with van der Waals surface area (Å²) in [6.07, 6.45) is 4.84. The Bertz CT molecular complexity index is 421. The molecule has 0 fully saturated rings. The Hall–Kier alpha value is -1.32. The van der Waals surface area contributed by atoms with Crippen molar-refractivity contribution in [2.75, 3.05) is 30.4 Å². The van der Waals surface area contributed by atoms with E-state index in [1.54, 1.807) is 0 Å². The van der Waals surface area contributed by atoms with Gasteiger partial charge in [0.25, 0.3) is 0 Å². The van der Waals surface area contributed by atoms with Crippen molar-refractivity contribution in [3.63, 3.8) is 0 Å². The first kappa shape index (κ1) is 17.7. The number of rotatable bonds is 9. The zero-order valence-corrected chi connectivity index (χ0v) is 14.7.